The van der Waals surface area contributed by atoms with Gasteiger partial charge in [-0.15, -0.1) is 11.3 Å². The van der Waals surface area contributed by atoms with Crippen LogP contribution in [0.15, 0.2) is 24.5 Å². The summed E-state index contributed by atoms with van der Waals surface area (Å²) in [5.74, 6) is 2.08. The number of anilines is 3. The number of pyridine rings is 1. The van der Waals surface area contributed by atoms with E-state index >= 15 is 0 Å². The largest absolute Gasteiger partial charge is 0.378 e. The molecule has 0 spiro atoms. The summed E-state index contributed by atoms with van der Waals surface area (Å²) in [5.41, 5.74) is 3.75. The monoisotopic (exact) mass is 509 g/mol. The maximum absolute atomic E-state index is 9.92. The van der Waals surface area contributed by atoms with Crippen LogP contribution in [0, 0.1) is 6.92 Å². The van der Waals surface area contributed by atoms with Crippen molar-refractivity contribution < 1.29 is 9.53 Å². The molecule has 9 nitrogen and oxygen atoms in total. The maximum Gasteiger partial charge on any atom is 0.228 e. The summed E-state index contributed by atoms with van der Waals surface area (Å²) in [5, 5.41) is 6.67. The van der Waals surface area contributed by atoms with Gasteiger partial charge >= 0.3 is 0 Å². The molecule has 0 radical (unpaired) electrons. The van der Waals surface area contributed by atoms with Crippen molar-refractivity contribution in [1.29, 1.82) is 0 Å². The molecule has 1 saturated carbocycles. The lowest BCUT2D eigenvalue weighted by molar-refractivity contribution is -0.129. The van der Waals surface area contributed by atoms with Crippen LogP contribution < -0.4 is 15.5 Å². The number of hydrogen-bond acceptors (Lipinski definition) is 9. The molecule has 0 aromatic carbocycles. The molecule has 3 fully saturated rings. The van der Waals surface area contributed by atoms with E-state index < -0.39 is 0 Å². The van der Waals surface area contributed by atoms with E-state index in [2.05, 4.69) is 38.5 Å². The summed E-state index contributed by atoms with van der Waals surface area (Å²) in [6.07, 6.45) is 10.3. The van der Waals surface area contributed by atoms with Crippen LogP contribution in [0.2, 0.25) is 0 Å². The Bertz CT molecular complexity index is 1150. The number of methoxy groups -OCH3 is 1. The van der Waals surface area contributed by atoms with Crippen LogP contribution in [0.5, 0.6) is 0 Å². The summed E-state index contributed by atoms with van der Waals surface area (Å²) < 4.78 is 6.10. The van der Waals surface area contributed by atoms with E-state index in [0.29, 0.717) is 18.0 Å². The third-order valence-electron chi connectivity index (χ3n) is 7.24. The number of likely N-dealkylation sites (tertiary alicyclic amines) is 1. The molecule has 10 heteroatoms. The molecule has 0 unspecified atom stereocenters. The zero-order valence-electron chi connectivity index (χ0n) is 21.1. The number of carbonyl (C=O) groups excluding carboxylic acids is 1. The van der Waals surface area contributed by atoms with Crippen molar-refractivity contribution in [2.24, 2.45) is 0 Å². The maximum atomic E-state index is 9.92. The molecule has 3 aromatic heterocycles. The number of piperazine rings is 1. The van der Waals surface area contributed by atoms with Crippen LogP contribution in [0.25, 0.3) is 10.2 Å². The fourth-order valence-corrected chi connectivity index (χ4v) is 6.23. The molecular weight excluding hydrogens is 474 g/mol. The quantitative estimate of drug-likeness (QED) is 0.486. The Labute approximate surface area is 216 Å². The highest BCUT2D eigenvalue weighted by molar-refractivity contribution is 7.19. The fourth-order valence-electron chi connectivity index (χ4n) is 5.17. The first-order valence-electron chi connectivity index (χ1n) is 12.8. The highest BCUT2D eigenvalue weighted by atomic mass is 32.1. The van der Waals surface area contributed by atoms with Crippen LogP contribution in [-0.4, -0.2) is 78.7 Å². The lowest BCUT2D eigenvalue weighted by Crippen LogP contribution is -2.50. The van der Waals surface area contributed by atoms with Crippen LogP contribution in [0.4, 0.5) is 17.5 Å². The second-order valence-corrected chi connectivity index (χ2v) is 10.9. The minimum atomic E-state index is 0.292. The average Bonchev–Trinajstić information content (AvgIpc) is 3.52. The van der Waals surface area contributed by atoms with Crippen molar-refractivity contribution in [3.05, 3.63) is 35.0 Å². The average molecular weight is 510 g/mol. The highest BCUT2D eigenvalue weighted by Crippen LogP contribution is 2.42. The number of hydrogen-bond donors (Lipinski definition) is 2. The first kappa shape index (κ1) is 24.9. The Kier molecular flexibility index (Phi) is 7.93. The van der Waals surface area contributed by atoms with Gasteiger partial charge in [0, 0.05) is 51.3 Å². The Morgan fingerprint density at radius 2 is 1.92 bits per heavy atom. The van der Waals surface area contributed by atoms with Crippen molar-refractivity contribution in [3.8, 4) is 0 Å². The number of carbonyl (C=O) groups is 1. The molecule has 3 aromatic rings. The molecule has 2 N–H and O–H groups in total. The number of thiophene rings is 1. The van der Waals surface area contributed by atoms with Gasteiger partial charge < -0.3 is 25.2 Å². The zero-order valence-corrected chi connectivity index (χ0v) is 21.9. The lowest BCUT2D eigenvalue weighted by atomic mass is 9.97. The molecule has 1 aliphatic carbocycles. The smallest absolute Gasteiger partial charge is 0.228 e. The van der Waals surface area contributed by atoms with Gasteiger partial charge in [0.2, 0.25) is 12.4 Å². The number of ether oxygens (including phenoxy) is 1. The fraction of sp³-hybridized carbons (Fsp3) is 0.538. The van der Waals surface area contributed by atoms with Gasteiger partial charge in [0.1, 0.15) is 5.82 Å². The minimum absolute atomic E-state index is 0.292. The lowest BCUT2D eigenvalue weighted by Gasteiger charge is -2.34. The van der Waals surface area contributed by atoms with Gasteiger partial charge in [-0.3, -0.25) is 4.79 Å². The van der Waals surface area contributed by atoms with E-state index in [1.807, 2.05) is 29.8 Å². The van der Waals surface area contributed by atoms with E-state index in [1.54, 1.807) is 12.0 Å². The van der Waals surface area contributed by atoms with Gasteiger partial charge in [0.05, 0.1) is 34.4 Å². The first-order valence-corrected chi connectivity index (χ1v) is 13.6. The highest BCUT2D eigenvalue weighted by Gasteiger charge is 2.25. The van der Waals surface area contributed by atoms with E-state index in [9.17, 15) is 4.79 Å². The second kappa shape index (κ2) is 11.5. The number of nitrogens with one attached hydrogen (secondary N) is 2. The Balaban J connectivity index is 0.000000286. The van der Waals surface area contributed by atoms with Crippen molar-refractivity contribution in [2.45, 2.75) is 44.6 Å². The molecule has 5 heterocycles. The van der Waals surface area contributed by atoms with Gasteiger partial charge in [-0.05, 0) is 43.4 Å². The van der Waals surface area contributed by atoms with Gasteiger partial charge in [0.25, 0.3) is 0 Å². The molecule has 0 atom stereocenters. The Hall–Kier alpha value is -2.82. The molecule has 1 amide bonds. The van der Waals surface area contributed by atoms with Gasteiger partial charge in [-0.2, -0.15) is 0 Å². The van der Waals surface area contributed by atoms with Crippen molar-refractivity contribution in [2.75, 3.05) is 56.6 Å². The zero-order chi connectivity index (χ0) is 24.9. The molecular formula is C26H35N7O2S. The molecule has 3 aliphatic rings. The van der Waals surface area contributed by atoms with Crippen molar-refractivity contribution in [3.63, 3.8) is 0 Å². The molecule has 2 aliphatic heterocycles. The van der Waals surface area contributed by atoms with Crippen LogP contribution >= 0.6 is 11.3 Å². The van der Waals surface area contributed by atoms with Gasteiger partial charge in [0.15, 0.2) is 0 Å². The standard InChI is InChI=1S/C21H26N6S.C5H9NO2/c1-14-19(15-4-2-3-5-15)20-17(28-14)13-24-21(26-20)25-18-7-6-16(12-23-18)27-10-8-22-9-11-27;1-8-5-2-6(3-5)4-7/h6-7,12-13,15,22H,2-5,8-11H2,1H3,(H,23,24,25,26);4-5H,2-3H2,1H3. The third-order valence-corrected chi connectivity index (χ3v) is 8.29. The molecule has 0 bridgehead atoms. The summed E-state index contributed by atoms with van der Waals surface area (Å²) in [4.78, 5) is 29.3. The number of fused-ring (bicyclic) bond motifs is 1. The van der Waals surface area contributed by atoms with Crippen molar-refractivity contribution in [1.82, 2.24) is 25.2 Å². The molecule has 192 valence electrons. The predicted molar refractivity (Wildman–Crippen MR) is 144 cm³/mol. The molecule has 6 rings (SSSR count). The van der Waals surface area contributed by atoms with Crippen molar-refractivity contribution >= 4 is 45.4 Å². The summed E-state index contributed by atoms with van der Waals surface area (Å²) in [6.45, 7) is 7.85. The summed E-state index contributed by atoms with van der Waals surface area (Å²) in [7, 11) is 1.66. The SMILES string of the molecule is COC1CN(C=O)C1.Cc1sc2cnc(Nc3ccc(N4CCNCC4)cn3)nc2c1C1CCCC1. The third kappa shape index (κ3) is 5.61. The number of aromatic nitrogens is 3. The van der Waals surface area contributed by atoms with E-state index in [0.717, 1.165) is 57.0 Å². The Morgan fingerprint density at radius 1 is 1.14 bits per heavy atom. The van der Waals surface area contributed by atoms with E-state index in [-0.39, 0.29) is 0 Å². The normalized spacial score (nSPS) is 18.6. The second-order valence-electron chi connectivity index (χ2n) is 9.64. The van der Waals surface area contributed by atoms with Gasteiger partial charge in [-0.1, -0.05) is 12.8 Å². The summed E-state index contributed by atoms with van der Waals surface area (Å²) >= 11 is 1.82. The van der Waals surface area contributed by atoms with Crippen LogP contribution in [0.1, 0.15) is 42.0 Å². The van der Waals surface area contributed by atoms with Crippen LogP contribution in [-0.2, 0) is 9.53 Å². The van der Waals surface area contributed by atoms with E-state index in [1.165, 1.54) is 46.5 Å². The topological polar surface area (TPSA) is 95.5 Å². The van der Waals surface area contributed by atoms with Crippen LogP contribution in [0.3, 0.4) is 0 Å². The number of amides is 1. The molecule has 36 heavy (non-hydrogen) atoms. The Morgan fingerprint density at radius 3 is 2.58 bits per heavy atom. The summed E-state index contributed by atoms with van der Waals surface area (Å²) in [6, 6.07) is 4.14. The minimum Gasteiger partial charge on any atom is -0.378 e. The number of rotatable bonds is 6. The first-order chi connectivity index (χ1) is 17.6. The number of nitrogens with zero attached hydrogens (tertiary/aromatic N) is 5. The number of aryl methyl sites for hydroxylation is 1. The van der Waals surface area contributed by atoms with Gasteiger partial charge in [-0.25, -0.2) is 15.0 Å². The predicted octanol–water partition coefficient (Wildman–Crippen LogP) is 3.68. The van der Waals surface area contributed by atoms with E-state index in [4.69, 9.17) is 9.72 Å². The molecule has 2 saturated heterocycles.